The number of amides is 2. The fourth-order valence-electron chi connectivity index (χ4n) is 1.96. The largest absolute Gasteiger partial charge is 0.478 e. The number of benzene rings is 1. The number of rotatable bonds is 4. The van der Waals surface area contributed by atoms with E-state index in [1.165, 1.54) is 0 Å². The minimum atomic E-state index is -1.53. The van der Waals surface area contributed by atoms with E-state index in [1.54, 1.807) is 0 Å². The number of carboxylic acids is 1. The van der Waals surface area contributed by atoms with Crippen LogP contribution in [0.5, 0.6) is 0 Å². The standard InChI is InChI=1S/C13H14F2N2O3S/c14-9-4-10(15)11(3-8(9)12(18)19)17-13(20)16-5-7-1-2-21-6-7/h3-4,7H,1-2,5-6H2,(H,18,19)(H2,16,17,20). The summed E-state index contributed by atoms with van der Waals surface area (Å²) in [5.74, 6) is -1.33. The van der Waals surface area contributed by atoms with E-state index in [4.69, 9.17) is 5.11 Å². The molecule has 1 aliphatic heterocycles. The monoisotopic (exact) mass is 316 g/mol. The SMILES string of the molecule is O=C(NCC1CCSC1)Nc1cc(C(=O)O)c(F)cc1F. The number of carbonyl (C=O) groups is 2. The van der Waals surface area contributed by atoms with Crippen LogP contribution < -0.4 is 10.6 Å². The maximum absolute atomic E-state index is 13.5. The van der Waals surface area contributed by atoms with Gasteiger partial charge < -0.3 is 15.7 Å². The molecule has 0 aromatic heterocycles. The molecule has 1 unspecified atom stereocenters. The molecule has 21 heavy (non-hydrogen) atoms. The van der Waals surface area contributed by atoms with Gasteiger partial charge in [0.2, 0.25) is 0 Å². The van der Waals surface area contributed by atoms with Crippen LogP contribution in [0.15, 0.2) is 12.1 Å². The van der Waals surface area contributed by atoms with Crippen LogP contribution in [-0.2, 0) is 0 Å². The predicted octanol–water partition coefficient (Wildman–Crippen LogP) is 2.54. The van der Waals surface area contributed by atoms with Crippen molar-refractivity contribution in [1.29, 1.82) is 0 Å². The zero-order valence-corrected chi connectivity index (χ0v) is 11.8. The Balaban J connectivity index is 1.99. The number of carboxylic acid groups (broad SMARTS) is 1. The van der Waals surface area contributed by atoms with Gasteiger partial charge >= 0.3 is 12.0 Å². The van der Waals surface area contributed by atoms with Crippen LogP contribution in [0, 0.1) is 17.6 Å². The van der Waals surface area contributed by atoms with Crippen LogP contribution in [0.4, 0.5) is 19.3 Å². The van der Waals surface area contributed by atoms with Gasteiger partial charge in [-0.25, -0.2) is 18.4 Å². The molecule has 1 aliphatic rings. The molecule has 0 spiro atoms. The lowest BCUT2D eigenvalue weighted by Gasteiger charge is -2.12. The first-order valence-corrected chi connectivity index (χ1v) is 7.47. The molecule has 8 heteroatoms. The van der Waals surface area contributed by atoms with Crippen LogP contribution in [0.25, 0.3) is 0 Å². The first kappa shape index (κ1) is 15.6. The number of anilines is 1. The topological polar surface area (TPSA) is 78.4 Å². The lowest BCUT2D eigenvalue weighted by molar-refractivity contribution is 0.0692. The molecule has 0 bridgehead atoms. The number of thioether (sulfide) groups is 1. The molecule has 0 aliphatic carbocycles. The number of hydrogen-bond acceptors (Lipinski definition) is 3. The van der Waals surface area contributed by atoms with Crippen molar-refractivity contribution in [1.82, 2.24) is 5.32 Å². The van der Waals surface area contributed by atoms with Gasteiger partial charge in [0, 0.05) is 12.6 Å². The third-order valence-corrected chi connectivity index (χ3v) is 4.34. The number of aromatic carboxylic acids is 1. The van der Waals surface area contributed by atoms with Crippen LogP contribution in [0.1, 0.15) is 16.8 Å². The number of halogens is 2. The number of hydrogen-bond donors (Lipinski definition) is 3. The highest BCUT2D eigenvalue weighted by Gasteiger charge is 2.18. The van der Waals surface area contributed by atoms with E-state index >= 15 is 0 Å². The number of carbonyl (C=O) groups excluding carboxylic acids is 1. The molecule has 1 saturated heterocycles. The molecule has 3 N–H and O–H groups in total. The Labute approximate surface area is 124 Å². The molecule has 1 aromatic carbocycles. The minimum Gasteiger partial charge on any atom is -0.478 e. The second kappa shape index (κ2) is 6.75. The van der Waals surface area contributed by atoms with Crippen LogP contribution in [0.3, 0.4) is 0 Å². The third kappa shape index (κ3) is 4.07. The quantitative estimate of drug-likeness (QED) is 0.797. The van der Waals surface area contributed by atoms with Crippen LogP contribution >= 0.6 is 11.8 Å². The maximum atomic E-state index is 13.5. The van der Waals surface area contributed by atoms with Crippen molar-refractivity contribution in [2.75, 3.05) is 23.4 Å². The molecule has 114 valence electrons. The summed E-state index contributed by atoms with van der Waals surface area (Å²) in [6.45, 7) is 0.466. The molecule has 0 saturated carbocycles. The maximum Gasteiger partial charge on any atom is 0.338 e. The molecule has 2 rings (SSSR count). The molecule has 1 aromatic rings. The van der Waals surface area contributed by atoms with E-state index in [9.17, 15) is 18.4 Å². The molecule has 1 fully saturated rings. The fraction of sp³-hybridized carbons (Fsp3) is 0.385. The highest BCUT2D eigenvalue weighted by Crippen LogP contribution is 2.23. The summed E-state index contributed by atoms with van der Waals surface area (Å²) in [7, 11) is 0. The highest BCUT2D eigenvalue weighted by molar-refractivity contribution is 7.99. The number of urea groups is 1. The van der Waals surface area contributed by atoms with Gasteiger partial charge in [-0.05, 0) is 29.9 Å². The number of nitrogens with one attached hydrogen (secondary N) is 2. The smallest absolute Gasteiger partial charge is 0.338 e. The summed E-state index contributed by atoms with van der Waals surface area (Å²) in [5.41, 5.74) is -1.06. The average molecular weight is 316 g/mol. The van der Waals surface area contributed by atoms with Crippen molar-refractivity contribution in [3.63, 3.8) is 0 Å². The molecule has 1 atom stereocenters. The molecular weight excluding hydrogens is 302 g/mol. The Kier molecular flexibility index (Phi) is 5.00. The fourth-order valence-corrected chi connectivity index (χ4v) is 3.24. The summed E-state index contributed by atoms with van der Waals surface area (Å²) in [6.07, 6.45) is 1.01. The summed E-state index contributed by atoms with van der Waals surface area (Å²) in [5, 5.41) is 13.6. The molecule has 2 amide bonds. The van der Waals surface area contributed by atoms with E-state index in [1.807, 2.05) is 11.8 Å². The predicted molar refractivity (Wildman–Crippen MR) is 75.8 cm³/mol. The first-order chi connectivity index (χ1) is 9.97. The van der Waals surface area contributed by atoms with Gasteiger partial charge in [0.05, 0.1) is 11.3 Å². The second-order valence-electron chi connectivity index (χ2n) is 4.68. The Morgan fingerprint density at radius 1 is 1.33 bits per heavy atom. The molecule has 1 heterocycles. The van der Waals surface area contributed by atoms with Crippen LogP contribution in [0.2, 0.25) is 0 Å². The summed E-state index contributed by atoms with van der Waals surface area (Å²) in [6, 6.07) is 0.554. The Morgan fingerprint density at radius 3 is 2.71 bits per heavy atom. The Morgan fingerprint density at radius 2 is 2.10 bits per heavy atom. The normalized spacial score (nSPS) is 17.5. The molecular formula is C13H14F2N2O3S. The average Bonchev–Trinajstić information content (AvgIpc) is 2.92. The summed E-state index contributed by atoms with van der Waals surface area (Å²) < 4.78 is 26.7. The van der Waals surface area contributed by atoms with Gasteiger partial charge in [0.1, 0.15) is 11.6 Å². The van der Waals surface area contributed by atoms with Gasteiger partial charge in [0.15, 0.2) is 0 Å². The van der Waals surface area contributed by atoms with Crippen molar-refractivity contribution in [2.24, 2.45) is 5.92 Å². The van der Waals surface area contributed by atoms with E-state index in [0.29, 0.717) is 18.5 Å². The molecule has 0 radical (unpaired) electrons. The third-order valence-electron chi connectivity index (χ3n) is 3.11. The Bertz CT molecular complexity index is 563. The molecule has 5 nitrogen and oxygen atoms in total. The highest BCUT2D eigenvalue weighted by atomic mass is 32.2. The van der Waals surface area contributed by atoms with Gasteiger partial charge in [-0.2, -0.15) is 11.8 Å². The zero-order valence-electron chi connectivity index (χ0n) is 11.0. The van der Waals surface area contributed by atoms with E-state index < -0.39 is 29.2 Å². The van der Waals surface area contributed by atoms with Gasteiger partial charge in [-0.3, -0.25) is 0 Å². The minimum absolute atomic E-state index is 0.368. The van der Waals surface area contributed by atoms with Gasteiger partial charge in [-0.1, -0.05) is 0 Å². The summed E-state index contributed by atoms with van der Waals surface area (Å²) in [4.78, 5) is 22.4. The lowest BCUT2D eigenvalue weighted by atomic mass is 10.1. The second-order valence-corrected chi connectivity index (χ2v) is 5.83. The lowest BCUT2D eigenvalue weighted by Crippen LogP contribution is -2.33. The summed E-state index contributed by atoms with van der Waals surface area (Å²) >= 11 is 1.81. The van der Waals surface area contributed by atoms with E-state index in [0.717, 1.165) is 24.0 Å². The van der Waals surface area contributed by atoms with Gasteiger partial charge in [-0.15, -0.1) is 0 Å². The van der Waals surface area contributed by atoms with Crippen molar-refractivity contribution in [3.8, 4) is 0 Å². The van der Waals surface area contributed by atoms with E-state index in [-0.39, 0.29) is 5.69 Å². The van der Waals surface area contributed by atoms with Crippen molar-refractivity contribution >= 4 is 29.4 Å². The zero-order chi connectivity index (χ0) is 15.4. The van der Waals surface area contributed by atoms with Crippen molar-refractivity contribution in [3.05, 3.63) is 29.3 Å². The van der Waals surface area contributed by atoms with E-state index in [2.05, 4.69) is 10.6 Å². The van der Waals surface area contributed by atoms with Crippen LogP contribution in [-0.4, -0.2) is 35.2 Å². The van der Waals surface area contributed by atoms with Gasteiger partial charge in [0.25, 0.3) is 0 Å². The first-order valence-electron chi connectivity index (χ1n) is 6.32. The van der Waals surface area contributed by atoms with Crippen molar-refractivity contribution in [2.45, 2.75) is 6.42 Å². The van der Waals surface area contributed by atoms with Crippen molar-refractivity contribution < 1.29 is 23.5 Å². The Hall–Kier alpha value is -1.83.